The summed E-state index contributed by atoms with van der Waals surface area (Å²) < 4.78 is 7.36. The van der Waals surface area contributed by atoms with Gasteiger partial charge in [-0.15, -0.1) is 10.2 Å². The fourth-order valence-corrected chi connectivity index (χ4v) is 3.69. The van der Waals surface area contributed by atoms with E-state index in [9.17, 15) is 14.9 Å². The minimum atomic E-state index is -0.556. The molecule has 9 nitrogen and oxygen atoms in total. The van der Waals surface area contributed by atoms with E-state index in [2.05, 4.69) is 29.4 Å². The Kier molecular flexibility index (Phi) is 6.78. The number of aromatic nitrogens is 3. The van der Waals surface area contributed by atoms with Crippen molar-refractivity contribution in [2.75, 3.05) is 5.32 Å². The molecule has 0 aliphatic heterocycles. The lowest BCUT2D eigenvalue weighted by atomic mass is 10.2. The molecule has 3 aromatic rings. The van der Waals surface area contributed by atoms with Crippen molar-refractivity contribution in [1.82, 2.24) is 14.8 Å². The van der Waals surface area contributed by atoms with Crippen molar-refractivity contribution in [2.45, 2.75) is 37.7 Å². The Morgan fingerprint density at radius 1 is 1.33 bits per heavy atom. The maximum absolute atomic E-state index is 12.7. The predicted octanol–water partition coefficient (Wildman–Crippen LogP) is 4.88. The SMILES string of the molecule is CC(C)Cn1c(SC(C)C(=O)Nc2cc([N+](=O)[O-])ccc2Cl)nnc1-c1ccco1. The van der Waals surface area contributed by atoms with Gasteiger partial charge in [-0.3, -0.25) is 19.5 Å². The second-order valence-corrected chi connectivity index (χ2v) is 8.67. The zero-order valence-corrected chi connectivity index (χ0v) is 18.1. The number of hydrogen-bond acceptors (Lipinski definition) is 7. The number of hydrogen-bond donors (Lipinski definition) is 1. The monoisotopic (exact) mass is 449 g/mol. The van der Waals surface area contributed by atoms with E-state index in [0.29, 0.717) is 29.2 Å². The number of non-ortho nitro benzene ring substituents is 1. The maximum atomic E-state index is 12.7. The van der Waals surface area contributed by atoms with Gasteiger partial charge in [-0.05, 0) is 31.0 Å². The van der Waals surface area contributed by atoms with E-state index in [1.807, 2.05) is 4.57 Å². The third-order valence-electron chi connectivity index (χ3n) is 4.08. The van der Waals surface area contributed by atoms with Crippen molar-refractivity contribution < 1.29 is 14.1 Å². The molecule has 2 aromatic heterocycles. The van der Waals surface area contributed by atoms with Crippen LogP contribution in [0.4, 0.5) is 11.4 Å². The summed E-state index contributed by atoms with van der Waals surface area (Å²) in [6.07, 6.45) is 1.56. The molecule has 0 bridgehead atoms. The summed E-state index contributed by atoms with van der Waals surface area (Å²) in [5.74, 6) is 1.14. The van der Waals surface area contributed by atoms with Gasteiger partial charge in [0.25, 0.3) is 5.69 Å². The Balaban J connectivity index is 1.79. The van der Waals surface area contributed by atoms with E-state index >= 15 is 0 Å². The maximum Gasteiger partial charge on any atom is 0.271 e. The summed E-state index contributed by atoms with van der Waals surface area (Å²) in [5, 5.41) is 22.3. The zero-order chi connectivity index (χ0) is 21.8. The summed E-state index contributed by atoms with van der Waals surface area (Å²) in [5.41, 5.74) is 0.0259. The molecule has 0 aliphatic rings. The van der Waals surface area contributed by atoms with Crippen LogP contribution in [0.2, 0.25) is 5.02 Å². The molecule has 30 heavy (non-hydrogen) atoms. The number of furan rings is 1. The number of nitro groups is 1. The smallest absolute Gasteiger partial charge is 0.271 e. The number of anilines is 1. The van der Waals surface area contributed by atoms with Gasteiger partial charge in [-0.25, -0.2) is 0 Å². The minimum absolute atomic E-state index is 0.158. The average molecular weight is 450 g/mol. The molecular weight excluding hydrogens is 430 g/mol. The third kappa shape index (κ3) is 5.00. The van der Waals surface area contributed by atoms with E-state index in [0.717, 1.165) is 0 Å². The standard InChI is InChI=1S/C19H20ClN5O4S/c1-11(2)10-24-17(16-5-4-8-29-16)22-23-19(24)30-12(3)18(26)21-15-9-13(25(27)28)6-7-14(15)20/h4-9,11-12H,10H2,1-3H3,(H,21,26). The first-order valence-electron chi connectivity index (χ1n) is 9.14. The summed E-state index contributed by atoms with van der Waals surface area (Å²) in [6, 6.07) is 7.46. The number of nitrogens with one attached hydrogen (secondary N) is 1. The zero-order valence-electron chi connectivity index (χ0n) is 16.5. The van der Waals surface area contributed by atoms with E-state index in [1.54, 1.807) is 25.3 Å². The van der Waals surface area contributed by atoms with Crippen molar-refractivity contribution in [3.05, 3.63) is 51.7 Å². The first-order chi connectivity index (χ1) is 14.3. The molecule has 1 N–H and O–H groups in total. The molecule has 158 valence electrons. The Hall–Kier alpha value is -2.85. The number of thioether (sulfide) groups is 1. The number of carbonyl (C=O) groups excluding carboxylic acids is 1. The third-order valence-corrected chi connectivity index (χ3v) is 5.49. The Morgan fingerprint density at radius 2 is 2.10 bits per heavy atom. The van der Waals surface area contributed by atoms with Crippen LogP contribution in [0.25, 0.3) is 11.6 Å². The van der Waals surface area contributed by atoms with Gasteiger partial charge in [-0.1, -0.05) is 37.2 Å². The van der Waals surface area contributed by atoms with Gasteiger partial charge >= 0.3 is 0 Å². The van der Waals surface area contributed by atoms with Gasteiger partial charge in [0.2, 0.25) is 5.91 Å². The molecule has 3 rings (SSSR count). The molecule has 1 atom stereocenters. The van der Waals surface area contributed by atoms with E-state index in [1.165, 1.54) is 30.0 Å². The van der Waals surface area contributed by atoms with Crippen LogP contribution in [-0.4, -0.2) is 30.8 Å². The van der Waals surface area contributed by atoms with Crippen molar-refractivity contribution in [1.29, 1.82) is 0 Å². The number of benzene rings is 1. The molecule has 0 saturated carbocycles. The number of amides is 1. The molecule has 0 aliphatic carbocycles. The van der Waals surface area contributed by atoms with E-state index in [-0.39, 0.29) is 22.3 Å². The molecular formula is C19H20ClN5O4S. The highest BCUT2D eigenvalue weighted by Gasteiger charge is 2.23. The van der Waals surface area contributed by atoms with Crippen LogP contribution in [0.15, 0.2) is 46.2 Å². The van der Waals surface area contributed by atoms with Gasteiger partial charge < -0.3 is 9.73 Å². The summed E-state index contributed by atoms with van der Waals surface area (Å²) in [6.45, 7) is 6.50. The van der Waals surface area contributed by atoms with Gasteiger partial charge in [0.1, 0.15) is 0 Å². The average Bonchev–Trinajstić information content (AvgIpc) is 3.33. The Morgan fingerprint density at radius 3 is 2.73 bits per heavy atom. The number of carbonyl (C=O) groups is 1. The highest BCUT2D eigenvalue weighted by molar-refractivity contribution is 8.00. The van der Waals surface area contributed by atoms with Crippen molar-refractivity contribution in [3.8, 4) is 11.6 Å². The van der Waals surface area contributed by atoms with Crippen LogP contribution in [0.3, 0.4) is 0 Å². The predicted molar refractivity (Wildman–Crippen MR) is 115 cm³/mol. The van der Waals surface area contributed by atoms with Gasteiger partial charge in [-0.2, -0.15) is 0 Å². The van der Waals surface area contributed by atoms with E-state index in [4.69, 9.17) is 16.0 Å². The quantitative estimate of drug-likeness (QED) is 0.296. The van der Waals surface area contributed by atoms with Crippen LogP contribution >= 0.6 is 23.4 Å². The summed E-state index contributed by atoms with van der Waals surface area (Å²) in [7, 11) is 0. The van der Waals surface area contributed by atoms with Crippen LogP contribution in [0, 0.1) is 16.0 Å². The number of rotatable bonds is 8. The van der Waals surface area contributed by atoms with Crippen molar-refractivity contribution >= 4 is 40.6 Å². The van der Waals surface area contributed by atoms with Crippen LogP contribution in [0.1, 0.15) is 20.8 Å². The summed E-state index contributed by atoms with van der Waals surface area (Å²) >= 11 is 7.30. The van der Waals surface area contributed by atoms with Gasteiger partial charge in [0.15, 0.2) is 16.7 Å². The molecule has 0 fully saturated rings. The second-order valence-electron chi connectivity index (χ2n) is 6.96. The molecule has 0 radical (unpaired) electrons. The highest BCUT2D eigenvalue weighted by Crippen LogP contribution is 2.30. The largest absolute Gasteiger partial charge is 0.461 e. The number of nitro benzene ring substituents is 1. The van der Waals surface area contributed by atoms with Crippen molar-refractivity contribution in [3.63, 3.8) is 0 Å². The summed E-state index contributed by atoms with van der Waals surface area (Å²) in [4.78, 5) is 23.1. The molecule has 1 unspecified atom stereocenters. The topological polar surface area (TPSA) is 116 Å². The van der Waals surface area contributed by atoms with Crippen LogP contribution < -0.4 is 5.32 Å². The molecule has 11 heteroatoms. The molecule has 0 spiro atoms. The first kappa shape index (κ1) is 21.8. The molecule has 0 saturated heterocycles. The van der Waals surface area contributed by atoms with Gasteiger partial charge in [0, 0.05) is 18.7 Å². The molecule has 2 heterocycles. The Labute approximate surface area is 182 Å². The van der Waals surface area contributed by atoms with E-state index < -0.39 is 10.2 Å². The van der Waals surface area contributed by atoms with Crippen molar-refractivity contribution in [2.24, 2.45) is 5.92 Å². The van der Waals surface area contributed by atoms with Crippen LogP contribution in [0.5, 0.6) is 0 Å². The first-order valence-corrected chi connectivity index (χ1v) is 10.4. The molecule has 1 aromatic carbocycles. The number of nitrogens with zero attached hydrogens (tertiary/aromatic N) is 4. The Bertz CT molecular complexity index is 1050. The lowest BCUT2D eigenvalue weighted by molar-refractivity contribution is -0.384. The minimum Gasteiger partial charge on any atom is -0.461 e. The van der Waals surface area contributed by atoms with Gasteiger partial charge in [0.05, 0.1) is 27.1 Å². The lowest BCUT2D eigenvalue weighted by Crippen LogP contribution is -2.23. The van der Waals surface area contributed by atoms with Crippen LogP contribution in [-0.2, 0) is 11.3 Å². The molecule has 1 amide bonds. The fraction of sp³-hybridized carbons (Fsp3) is 0.316. The normalized spacial score (nSPS) is 12.2. The number of halogens is 1. The highest BCUT2D eigenvalue weighted by atomic mass is 35.5. The fourth-order valence-electron chi connectivity index (χ4n) is 2.66. The lowest BCUT2D eigenvalue weighted by Gasteiger charge is -2.15. The second kappa shape index (κ2) is 9.31.